The SMILES string of the molecule is Cc1ccc(-c2c(F)cc(F)c[c]2[Ir+][c]2cc(F)cc(F)c2-c2ccc(C)cn2)nc1.F[P-](F)(F)(F)(F)F. The Kier molecular flexibility index (Phi) is 7.82. The van der Waals surface area contributed by atoms with Crippen molar-refractivity contribution in [3.63, 3.8) is 0 Å². The Morgan fingerprint density at radius 1 is 0.579 bits per heavy atom. The zero-order chi connectivity index (χ0) is 28.5. The molecule has 2 aromatic carbocycles. The van der Waals surface area contributed by atoms with E-state index in [1.807, 2.05) is 13.8 Å². The van der Waals surface area contributed by atoms with Crippen molar-refractivity contribution in [3.05, 3.63) is 95.3 Å². The quantitative estimate of drug-likeness (QED) is 0.155. The molecule has 0 amide bonds. The van der Waals surface area contributed by atoms with E-state index in [-0.39, 0.29) is 11.1 Å². The first kappa shape index (κ1) is 29.7. The number of hydrogen-bond acceptors (Lipinski definition) is 2. The van der Waals surface area contributed by atoms with Gasteiger partial charge in [-0.1, -0.05) is 0 Å². The first-order valence-electron chi connectivity index (χ1n) is 10.3. The van der Waals surface area contributed by atoms with Crippen LogP contribution in [0.25, 0.3) is 22.5 Å². The van der Waals surface area contributed by atoms with Crippen LogP contribution in [-0.2, 0) is 17.7 Å². The molecule has 0 fully saturated rings. The summed E-state index contributed by atoms with van der Waals surface area (Å²) in [6.45, 7) is 3.70. The zero-order valence-electron chi connectivity index (χ0n) is 19.2. The maximum absolute atomic E-state index is 14.8. The summed E-state index contributed by atoms with van der Waals surface area (Å²) in [6, 6.07) is 10.9. The fourth-order valence-corrected chi connectivity index (χ4v) is 6.48. The third kappa shape index (κ3) is 9.15. The molecule has 0 aliphatic rings. The van der Waals surface area contributed by atoms with Gasteiger partial charge in [0.2, 0.25) is 0 Å². The summed E-state index contributed by atoms with van der Waals surface area (Å²) in [5, 5.41) is 0. The van der Waals surface area contributed by atoms with Gasteiger partial charge in [0.25, 0.3) is 0 Å². The van der Waals surface area contributed by atoms with Crippen molar-refractivity contribution in [2.45, 2.75) is 13.8 Å². The Morgan fingerprint density at radius 3 is 1.21 bits per heavy atom. The van der Waals surface area contributed by atoms with Gasteiger partial charge in [-0.2, -0.15) is 0 Å². The van der Waals surface area contributed by atoms with Crippen LogP contribution in [0, 0.1) is 37.1 Å². The van der Waals surface area contributed by atoms with Crippen LogP contribution in [0.15, 0.2) is 60.9 Å². The van der Waals surface area contributed by atoms with Gasteiger partial charge in [-0.15, -0.1) is 0 Å². The van der Waals surface area contributed by atoms with E-state index in [4.69, 9.17) is 0 Å². The first-order valence-corrected chi connectivity index (χ1v) is 14.7. The van der Waals surface area contributed by atoms with Crippen molar-refractivity contribution >= 4 is 16.0 Å². The van der Waals surface area contributed by atoms with Crippen molar-refractivity contribution in [2.75, 3.05) is 0 Å². The van der Waals surface area contributed by atoms with Crippen molar-refractivity contribution in [1.82, 2.24) is 9.97 Å². The molecule has 206 valence electrons. The Morgan fingerprint density at radius 2 is 0.921 bits per heavy atom. The Bertz CT molecular complexity index is 1370. The van der Waals surface area contributed by atoms with Crippen molar-refractivity contribution in [2.24, 2.45) is 0 Å². The van der Waals surface area contributed by atoms with Gasteiger partial charge in [0.15, 0.2) is 0 Å². The molecule has 0 saturated carbocycles. The van der Waals surface area contributed by atoms with Gasteiger partial charge < -0.3 is 0 Å². The third-order valence-corrected chi connectivity index (χ3v) is 7.67. The van der Waals surface area contributed by atoms with E-state index in [1.54, 1.807) is 36.7 Å². The summed E-state index contributed by atoms with van der Waals surface area (Å²) >= 11 is -1.56. The van der Waals surface area contributed by atoms with Crippen LogP contribution in [0.3, 0.4) is 0 Å². The maximum atomic E-state index is 14.8. The Balaban J connectivity index is 0.000000505. The van der Waals surface area contributed by atoms with Crippen LogP contribution >= 0.6 is 7.81 Å². The molecule has 14 heteroatoms. The second-order valence-electron chi connectivity index (χ2n) is 7.92. The molecular weight excluding hydrogens is 729 g/mol. The second-order valence-corrected chi connectivity index (χ2v) is 13.0. The van der Waals surface area contributed by atoms with Crippen molar-refractivity contribution in [1.29, 1.82) is 0 Å². The number of pyridine rings is 2. The molecule has 0 radical (unpaired) electrons. The molecule has 38 heavy (non-hydrogen) atoms. The number of hydrogen-bond donors (Lipinski definition) is 0. The first-order chi connectivity index (χ1) is 17.3. The summed E-state index contributed by atoms with van der Waals surface area (Å²) in [7, 11) is -10.7. The molecule has 0 spiro atoms. The fourth-order valence-electron chi connectivity index (χ4n) is 3.00. The minimum absolute atomic E-state index is 0.147. The van der Waals surface area contributed by atoms with E-state index in [9.17, 15) is 42.7 Å². The Labute approximate surface area is 218 Å². The monoisotopic (exact) mass is 746 g/mol. The van der Waals surface area contributed by atoms with E-state index in [0.717, 1.165) is 23.3 Å². The van der Waals surface area contributed by atoms with Crippen LogP contribution in [0.1, 0.15) is 11.1 Å². The van der Waals surface area contributed by atoms with Gasteiger partial charge in [-0.05, 0) is 0 Å². The predicted octanol–water partition coefficient (Wildman–Crippen LogP) is 8.40. The molecule has 2 nitrogen and oxygen atoms in total. The van der Waals surface area contributed by atoms with Gasteiger partial charge in [0.05, 0.1) is 0 Å². The molecule has 0 N–H and O–H groups in total. The predicted molar refractivity (Wildman–Crippen MR) is 121 cm³/mol. The summed E-state index contributed by atoms with van der Waals surface area (Å²) in [6.07, 6.45) is 3.18. The molecule has 0 aliphatic carbocycles. The van der Waals surface area contributed by atoms with Crippen LogP contribution < -0.4 is 8.15 Å². The van der Waals surface area contributed by atoms with E-state index in [1.165, 1.54) is 12.1 Å². The Hall–Kier alpha value is -2.88. The number of halogens is 10. The number of nitrogens with zero attached hydrogens (tertiary/aromatic N) is 2. The molecule has 4 aromatic rings. The van der Waals surface area contributed by atoms with E-state index >= 15 is 0 Å². The number of benzene rings is 2. The molecule has 0 saturated heterocycles. The summed E-state index contributed by atoms with van der Waals surface area (Å²) < 4.78 is 118. The average Bonchev–Trinajstić information content (AvgIpc) is 2.73. The van der Waals surface area contributed by atoms with Crippen molar-refractivity contribution < 1.29 is 60.4 Å². The van der Waals surface area contributed by atoms with Crippen LogP contribution in [0.4, 0.5) is 42.7 Å². The molecule has 2 aromatic heterocycles. The van der Waals surface area contributed by atoms with Crippen molar-refractivity contribution in [3.8, 4) is 22.5 Å². The molecule has 0 unspecified atom stereocenters. The molecule has 0 aliphatic heterocycles. The third-order valence-electron chi connectivity index (χ3n) is 4.49. The zero-order valence-corrected chi connectivity index (χ0v) is 22.5. The van der Waals surface area contributed by atoms with Gasteiger partial charge >= 0.3 is 218 Å². The summed E-state index contributed by atoms with van der Waals surface area (Å²) in [4.78, 5) is 8.53. The topological polar surface area (TPSA) is 25.8 Å². The number of aromatic nitrogens is 2. The molecule has 2 heterocycles. The van der Waals surface area contributed by atoms with Gasteiger partial charge in [-0.25, -0.2) is 0 Å². The van der Waals surface area contributed by atoms with Crippen LogP contribution in [0.2, 0.25) is 0 Å². The molecule has 0 atom stereocenters. The van der Waals surface area contributed by atoms with E-state index in [2.05, 4.69) is 9.97 Å². The van der Waals surface area contributed by atoms with Crippen LogP contribution in [-0.4, -0.2) is 9.97 Å². The summed E-state index contributed by atoms with van der Waals surface area (Å²) in [5.41, 5.74) is 2.76. The molecular formula is C24H16F10IrN2P. The second kappa shape index (κ2) is 10.0. The summed E-state index contributed by atoms with van der Waals surface area (Å²) in [5.74, 6) is -3.03. The van der Waals surface area contributed by atoms with E-state index in [0.29, 0.717) is 19.5 Å². The molecule has 4 rings (SSSR count). The number of aryl methyl sites for hydroxylation is 2. The van der Waals surface area contributed by atoms with E-state index < -0.39 is 48.8 Å². The van der Waals surface area contributed by atoms with Gasteiger partial charge in [0, 0.05) is 0 Å². The molecule has 0 bridgehead atoms. The number of rotatable bonds is 4. The normalized spacial score (nSPS) is 13.4. The standard InChI is InChI=1S/2C12H8F2N.F6P.Ir/c2*1-8-2-5-12(15-7-8)10-4-3-9(13)6-11(10)14;1-7(2,3,4,5)6;/h2*2-3,5-7H,1H3;;/q;;-1;+1. The van der Waals surface area contributed by atoms with Gasteiger partial charge in [-0.3, -0.25) is 0 Å². The minimum atomic E-state index is -10.7. The van der Waals surface area contributed by atoms with Gasteiger partial charge in [0.1, 0.15) is 0 Å². The van der Waals surface area contributed by atoms with Crippen LogP contribution in [0.5, 0.6) is 0 Å². The average molecular weight is 746 g/mol. The fraction of sp³-hybridized carbons (Fsp3) is 0.0833.